The van der Waals surface area contributed by atoms with Gasteiger partial charge < -0.3 is 9.84 Å². The van der Waals surface area contributed by atoms with Gasteiger partial charge in [-0.05, 0) is 48.7 Å². The van der Waals surface area contributed by atoms with Crippen molar-refractivity contribution in [1.82, 2.24) is 15.2 Å². The number of anilines is 1. The Kier molecular flexibility index (Phi) is 8.04. The summed E-state index contributed by atoms with van der Waals surface area (Å²) < 4.78 is 6.48. The summed E-state index contributed by atoms with van der Waals surface area (Å²) in [5, 5.41) is 20.1. The van der Waals surface area contributed by atoms with Crippen LogP contribution >= 0.6 is 23.1 Å². The second kappa shape index (κ2) is 11.8. The minimum absolute atomic E-state index is 0.0251. The van der Waals surface area contributed by atoms with Crippen LogP contribution in [0, 0.1) is 6.92 Å². The number of aliphatic hydroxyl groups is 1. The molecule has 1 amide bonds. The summed E-state index contributed by atoms with van der Waals surface area (Å²) in [6.07, 6.45) is 3.86. The van der Waals surface area contributed by atoms with Crippen LogP contribution in [0.1, 0.15) is 41.6 Å². The molecule has 198 valence electrons. The van der Waals surface area contributed by atoms with E-state index in [1.807, 2.05) is 19.9 Å². The van der Waals surface area contributed by atoms with Crippen molar-refractivity contribution in [1.29, 1.82) is 0 Å². The molecular formula is C29H26N4O4S2. The highest BCUT2D eigenvalue weighted by atomic mass is 32.2. The first-order chi connectivity index (χ1) is 19.0. The van der Waals surface area contributed by atoms with Crippen molar-refractivity contribution in [3.63, 3.8) is 0 Å². The summed E-state index contributed by atoms with van der Waals surface area (Å²) in [6, 6.07) is 17.7. The predicted molar refractivity (Wildman–Crippen MR) is 152 cm³/mol. The molecule has 0 spiro atoms. The Morgan fingerprint density at radius 3 is 2.59 bits per heavy atom. The molecule has 1 N–H and O–H groups in total. The molecule has 1 atom stereocenters. The number of pyridine rings is 1. The monoisotopic (exact) mass is 558 g/mol. The third-order valence-electron chi connectivity index (χ3n) is 6.13. The van der Waals surface area contributed by atoms with E-state index >= 15 is 0 Å². The van der Waals surface area contributed by atoms with E-state index in [-0.39, 0.29) is 16.5 Å². The molecule has 1 aliphatic rings. The highest BCUT2D eigenvalue weighted by Gasteiger charge is 2.48. The maximum Gasteiger partial charge on any atom is 0.301 e. The van der Waals surface area contributed by atoms with Crippen molar-refractivity contribution in [2.75, 3.05) is 11.5 Å². The number of benzene rings is 2. The van der Waals surface area contributed by atoms with Crippen LogP contribution in [0.15, 0.2) is 83.0 Å². The van der Waals surface area contributed by atoms with Gasteiger partial charge in [0.25, 0.3) is 5.78 Å². The van der Waals surface area contributed by atoms with Gasteiger partial charge in [0.2, 0.25) is 5.13 Å². The Bertz CT molecular complexity index is 1520. The highest BCUT2D eigenvalue weighted by Crippen LogP contribution is 2.44. The second-order valence-corrected chi connectivity index (χ2v) is 11.1. The van der Waals surface area contributed by atoms with Crippen molar-refractivity contribution < 1.29 is 19.4 Å². The second-order valence-electron chi connectivity index (χ2n) is 8.95. The molecule has 39 heavy (non-hydrogen) atoms. The summed E-state index contributed by atoms with van der Waals surface area (Å²) in [5.74, 6) is -0.548. The lowest BCUT2D eigenvalue weighted by molar-refractivity contribution is -0.132. The first kappa shape index (κ1) is 26.6. The first-order valence-corrected chi connectivity index (χ1v) is 14.2. The number of carbonyl (C=O) groups is 2. The fraction of sp³-hybridized carbons (Fsp3) is 0.207. The summed E-state index contributed by atoms with van der Waals surface area (Å²) in [5.41, 5.74) is 3.31. The summed E-state index contributed by atoms with van der Waals surface area (Å²) in [6.45, 7) is 4.58. The van der Waals surface area contributed by atoms with E-state index in [1.54, 1.807) is 30.3 Å². The van der Waals surface area contributed by atoms with Gasteiger partial charge in [-0.2, -0.15) is 0 Å². The molecule has 0 radical (unpaired) electrons. The molecule has 3 heterocycles. The van der Waals surface area contributed by atoms with Gasteiger partial charge in [0.05, 0.1) is 18.2 Å². The highest BCUT2D eigenvalue weighted by molar-refractivity contribution is 8.00. The van der Waals surface area contributed by atoms with Crippen molar-refractivity contribution in [3.8, 4) is 5.75 Å². The molecular weight excluding hydrogens is 532 g/mol. The van der Waals surface area contributed by atoms with Crippen LogP contribution in [0.3, 0.4) is 0 Å². The van der Waals surface area contributed by atoms with Crippen LogP contribution in [0.25, 0.3) is 5.76 Å². The van der Waals surface area contributed by atoms with E-state index in [1.165, 1.54) is 46.0 Å². The number of Topliss-reactive ketones (excluding diaryl/α,β-unsaturated/α-hetero) is 1. The van der Waals surface area contributed by atoms with Crippen LogP contribution in [-0.2, 0) is 15.3 Å². The Balaban J connectivity index is 1.53. The standard InChI is InChI=1S/C29H26N4O4S2/c1-3-15-37-22-6-4-5-21(16-22)24-23(25(34)20-11-13-30-14-12-20)26(35)27(36)33(24)28-31-32-29(39-28)38-17-19-9-7-18(2)8-10-19/h4-14,16,24,34H,3,15,17H2,1-2H3. The van der Waals surface area contributed by atoms with Crippen LogP contribution in [0.5, 0.6) is 5.75 Å². The van der Waals surface area contributed by atoms with Gasteiger partial charge in [-0.15, -0.1) is 10.2 Å². The fourth-order valence-electron chi connectivity index (χ4n) is 4.19. The van der Waals surface area contributed by atoms with Gasteiger partial charge in [-0.3, -0.25) is 19.5 Å². The molecule has 8 nitrogen and oxygen atoms in total. The normalized spacial score (nSPS) is 16.6. The smallest absolute Gasteiger partial charge is 0.301 e. The summed E-state index contributed by atoms with van der Waals surface area (Å²) >= 11 is 2.74. The number of aliphatic hydroxyl groups excluding tert-OH is 1. The third-order valence-corrected chi connectivity index (χ3v) is 8.26. The van der Waals surface area contributed by atoms with Crippen LogP contribution in [0.4, 0.5) is 5.13 Å². The lowest BCUT2D eigenvalue weighted by Gasteiger charge is -2.23. The zero-order chi connectivity index (χ0) is 27.4. The molecule has 1 fully saturated rings. The number of thioether (sulfide) groups is 1. The van der Waals surface area contributed by atoms with Crippen LogP contribution < -0.4 is 9.64 Å². The number of carbonyl (C=O) groups excluding carboxylic acids is 2. The Hall–Kier alpha value is -4.02. The van der Waals surface area contributed by atoms with E-state index < -0.39 is 17.7 Å². The van der Waals surface area contributed by atoms with Gasteiger partial charge in [0, 0.05) is 23.7 Å². The first-order valence-electron chi connectivity index (χ1n) is 12.4. The van der Waals surface area contributed by atoms with Gasteiger partial charge in [0.1, 0.15) is 11.5 Å². The zero-order valence-corrected chi connectivity index (χ0v) is 23.0. The molecule has 2 aromatic carbocycles. The molecule has 1 unspecified atom stereocenters. The number of hydrogen-bond acceptors (Lipinski definition) is 9. The number of ketones is 1. The molecule has 2 aromatic heterocycles. The van der Waals surface area contributed by atoms with E-state index in [0.29, 0.717) is 33.6 Å². The van der Waals surface area contributed by atoms with E-state index in [0.717, 1.165) is 12.0 Å². The van der Waals surface area contributed by atoms with E-state index in [4.69, 9.17) is 4.74 Å². The lowest BCUT2D eigenvalue weighted by atomic mass is 9.95. The number of ether oxygens (including phenoxy) is 1. The number of amides is 1. The van der Waals surface area contributed by atoms with Gasteiger partial charge in [0.15, 0.2) is 4.34 Å². The molecule has 10 heteroatoms. The lowest BCUT2D eigenvalue weighted by Crippen LogP contribution is -2.29. The topological polar surface area (TPSA) is 106 Å². The average Bonchev–Trinajstić information content (AvgIpc) is 3.53. The van der Waals surface area contributed by atoms with Crippen molar-refractivity contribution in [2.45, 2.75) is 36.4 Å². The van der Waals surface area contributed by atoms with Crippen molar-refractivity contribution >= 4 is 45.7 Å². The van der Waals surface area contributed by atoms with Crippen molar-refractivity contribution in [3.05, 3.63) is 101 Å². The summed E-state index contributed by atoms with van der Waals surface area (Å²) in [7, 11) is 0. The van der Waals surface area contributed by atoms with Gasteiger partial charge >= 0.3 is 5.91 Å². The minimum atomic E-state index is -0.911. The van der Waals surface area contributed by atoms with E-state index in [2.05, 4.69) is 39.4 Å². The summed E-state index contributed by atoms with van der Waals surface area (Å²) in [4.78, 5) is 32.1. The predicted octanol–water partition coefficient (Wildman–Crippen LogP) is 5.95. The van der Waals surface area contributed by atoms with Gasteiger partial charge in [-0.1, -0.05) is 72.0 Å². The Labute approximate surface area is 234 Å². The average molecular weight is 559 g/mol. The van der Waals surface area contributed by atoms with Crippen molar-refractivity contribution in [2.24, 2.45) is 0 Å². The largest absolute Gasteiger partial charge is 0.507 e. The fourth-order valence-corrected chi connectivity index (χ4v) is 6.02. The number of aromatic nitrogens is 3. The maximum atomic E-state index is 13.4. The van der Waals surface area contributed by atoms with Crippen LogP contribution in [-0.4, -0.2) is 38.6 Å². The number of aryl methyl sites for hydroxylation is 1. The minimum Gasteiger partial charge on any atom is -0.507 e. The SMILES string of the molecule is CCCOc1cccc(C2C(=C(O)c3ccncc3)C(=O)C(=O)N2c2nnc(SCc3ccc(C)cc3)s2)c1. The molecule has 5 rings (SSSR count). The van der Waals surface area contributed by atoms with Gasteiger partial charge in [-0.25, -0.2) is 0 Å². The number of nitrogens with zero attached hydrogens (tertiary/aromatic N) is 4. The molecule has 1 saturated heterocycles. The molecule has 1 aliphatic heterocycles. The van der Waals surface area contributed by atoms with E-state index in [9.17, 15) is 14.7 Å². The third kappa shape index (κ3) is 5.71. The maximum absolute atomic E-state index is 13.4. The molecule has 4 aromatic rings. The Morgan fingerprint density at radius 1 is 1.08 bits per heavy atom. The number of rotatable bonds is 9. The Morgan fingerprint density at radius 2 is 1.85 bits per heavy atom. The molecule has 0 aliphatic carbocycles. The molecule has 0 saturated carbocycles. The zero-order valence-electron chi connectivity index (χ0n) is 21.4. The number of hydrogen-bond donors (Lipinski definition) is 1. The van der Waals surface area contributed by atoms with Crippen LogP contribution in [0.2, 0.25) is 0 Å². The molecule has 0 bridgehead atoms. The quantitative estimate of drug-likeness (QED) is 0.0884.